The predicted octanol–water partition coefficient (Wildman–Crippen LogP) is 2.66. The smallest absolute Gasteiger partial charge is 0.268 e. The Kier molecular flexibility index (Phi) is 3.60. The van der Waals surface area contributed by atoms with Gasteiger partial charge >= 0.3 is 0 Å². The molecule has 1 aromatic carbocycles. The van der Waals surface area contributed by atoms with Gasteiger partial charge in [0, 0.05) is 12.5 Å². The lowest BCUT2D eigenvalue weighted by Crippen LogP contribution is -2.48. The average Bonchev–Trinajstić information content (AvgIpc) is 2.71. The van der Waals surface area contributed by atoms with Crippen LogP contribution in [-0.2, 0) is 14.4 Å². The number of halogens is 1. The second kappa shape index (κ2) is 5.31. The van der Waals surface area contributed by atoms with E-state index in [1.807, 2.05) is 52.9 Å². The Morgan fingerprint density at radius 2 is 1.68 bits per heavy atom. The molecular formula is C17H12INO3. The van der Waals surface area contributed by atoms with E-state index in [0.717, 1.165) is 11.1 Å². The molecule has 5 heteroatoms. The Bertz CT molecular complexity index is 758. The van der Waals surface area contributed by atoms with E-state index >= 15 is 0 Å². The van der Waals surface area contributed by atoms with Gasteiger partial charge in [-0.15, -0.1) is 0 Å². The number of hydrogen-bond donors (Lipinski definition) is 0. The minimum atomic E-state index is -1.02. The summed E-state index contributed by atoms with van der Waals surface area (Å²) in [5, 5.41) is 0. The van der Waals surface area contributed by atoms with Gasteiger partial charge in [-0.05, 0) is 52.5 Å². The van der Waals surface area contributed by atoms with Crippen LogP contribution in [0.5, 0.6) is 0 Å². The Labute approximate surface area is 141 Å². The zero-order valence-electron chi connectivity index (χ0n) is 11.7. The van der Waals surface area contributed by atoms with Crippen molar-refractivity contribution >= 4 is 45.8 Å². The topological polar surface area (TPSA) is 54.5 Å². The number of hydrogen-bond acceptors (Lipinski definition) is 3. The Morgan fingerprint density at radius 3 is 2.23 bits per heavy atom. The van der Waals surface area contributed by atoms with Crippen LogP contribution in [0.2, 0.25) is 0 Å². The number of amides is 2. The first kappa shape index (κ1) is 14.9. The Balaban J connectivity index is 2.28. The highest BCUT2D eigenvalue weighted by Crippen LogP contribution is 2.47. The highest BCUT2D eigenvalue weighted by atomic mass is 127. The lowest BCUT2D eigenvalue weighted by Gasteiger charge is -2.35. The minimum Gasteiger partial charge on any atom is -0.290 e. The molecule has 2 amide bonds. The molecule has 1 heterocycles. The molecule has 0 radical (unpaired) electrons. The molecule has 22 heavy (non-hydrogen) atoms. The highest BCUT2D eigenvalue weighted by Gasteiger charge is 2.51. The summed E-state index contributed by atoms with van der Waals surface area (Å²) in [7, 11) is 0. The van der Waals surface area contributed by atoms with E-state index in [1.165, 1.54) is 24.0 Å². The van der Waals surface area contributed by atoms with Crippen molar-refractivity contribution in [2.45, 2.75) is 12.5 Å². The van der Waals surface area contributed by atoms with Gasteiger partial charge in [-0.2, -0.15) is 0 Å². The van der Waals surface area contributed by atoms with Crippen molar-refractivity contribution in [3.63, 3.8) is 0 Å². The molecule has 110 valence electrons. The van der Waals surface area contributed by atoms with Gasteiger partial charge in [-0.25, -0.2) is 0 Å². The first-order valence-electron chi connectivity index (χ1n) is 6.70. The zero-order valence-corrected chi connectivity index (χ0v) is 13.9. The van der Waals surface area contributed by atoms with Crippen LogP contribution in [0.3, 0.4) is 0 Å². The molecule has 0 saturated heterocycles. The number of ketones is 1. The second-order valence-corrected chi connectivity index (χ2v) is 6.19. The molecule has 0 N–H and O–H groups in total. The first-order valence-corrected chi connectivity index (χ1v) is 7.78. The first-order chi connectivity index (χ1) is 10.5. The fourth-order valence-electron chi connectivity index (χ4n) is 2.87. The van der Waals surface area contributed by atoms with Crippen LogP contribution < -0.4 is 0 Å². The monoisotopic (exact) mass is 405 g/mol. The summed E-state index contributed by atoms with van der Waals surface area (Å²) < 4.78 is 0.489. The molecule has 1 aliphatic heterocycles. The van der Waals surface area contributed by atoms with Crippen LogP contribution in [0.25, 0.3) is 5.57 Å². The summed E-state index contributed by atoms with van der Waals surface area (Å²) in [5.41, 5.74) is 0.566. The van der Waals surface area contributed by atoms with Crippen molar-refractivity contribution in [1.29, 1.82) is 0 Å². The summed E-state index contributed by atoms with van der Waals surface area (Å²) >= 11 is 1.97. The molecule has 0 atom stereocenters. The molecule has 0 fully saturated rings. The predicted molar refractivity (Wildman–Crippen MR) is 90.9 cm³/mol. The SMILES string of the molecule is CC(=O)N1C(=O)C(I)=C(c2ccccc2)C12C=CC(=O)C=C2. The maximum atomic E-state index is 12.6. The van der Waals surface area contributed by atoms with Crippen molar-refractivity contribution in [1.82, 2.24) is 4.90 Å². The van der Waals surface area contributed by atoms with E-state index in [4.69, 9.17) is 0 Å². The normalized spacial score (nSPS) is 19.5. The third-order valence-corrected chi connectivity index (χ3v) is 4.76. The van der Waals surface area contributed by atoms with E-state index in [2.05, 4.69) is 0 Å². The number of carbonyl (C=O) groups excluding carboxylic acids is 3. The largest absolute Gasteiger partial charge is 0.290 e. The second-order valence-electron chi connectivity index (χ2n) is 5.11. The molecule has 2 aliphatic rings. The van der Waals surface area contributed by atoms with Gasteiger partial charge in [0.15, 0.2) is 5.78 Å². The van der Waals surface area contributed by atoms with Crippen LogP contribution in [0.1, 0.15) is 12.5 Å². The molecule has 0 bridgehead atoms. The summed E-state index contributed by atoms with van der Waals surface area (Å²) in [6, 6.07) is 9.43. The maximum Gasteiger partial charge on any atom is 0.268 e. The number of rotatable bonds is 1. The number of benzene rings is 1. The van der Waals surface area contributed by atoms with Crippen LogP contribution in [0, 0.1) is 0 Å². The van der Waals surface area contributed by atoms with Crippen LogP contribution in [-0.4, -0.2) is 28.0 Å². The summed E-state index contributed by atoms with van der Waals surface area (Å²) in [4.78, 5) is 37.3. The van der Waals surface area contributed by atoms with Gasteiger partial charge in [-0.3, -0.25) is 19.3 Å². The Hall–Kier alpha value is -2.02. The van der Waals surface area contributed by atoms with Crippen molar-refractivity contribution in [3.05, 3.63) is 63.8 Å². The van der Waals surface area contributed by atoms with Crippen LogP contribution >= 0.6 is 22.6 Å². The number of allylic oxidation sites excluding steroid dienone is 2. The van der Waals surface area contributed by atoms with Gasteiger partial charge in [-0.1, -0.05) is 30.3 Å². The molecule has 1 aromatic rings. The van der Waals surface area contributed by atoms with E-state index in [-0.39, 0.29) is 17.6 Å². The zero-order chi connectivity index (χ0) is 15.9. The number of carbonyl (C=O) groups is 3. The van der Waals surface area contributed by atoms with Crippen molar-refractivity contribution < 1.29 is 14.4 Å². The van der Waals surface area contributed by atoms with Crippen LogP contribution in [0.15, 0.2) is 58.2 Å². The third kappa shape index (κ3) is 2.08. The third-order valence-electron chi connectivity index (χ3n) is 3.76. The summed E-state index contributed by atoms with van der Waals surface area (Å²) in [6.07, 6.45) is 6.06. The van der Waals surface area contributed by atoms with Crippen molar-refractivity contribution in [2.75, 3.05) is 0 Å². The standard InChI is InChI=1S/C17H12INO3/c1-11(20)19-16(22)15(18)14(12-5-3-2-4-6-12)17(19)9-7-13(21)8-10-17/h2-10H,1H3. The lowest BCUT2D eigenvalue weighted by molar-refractivity contribution is -0.142. The Morgan fingerprint density at radius 1 is 1.09 bits per heavy atom. The molecule has 1 spiro atoms. The van der Waals surface area contributed by atoms with E-state index in [1.54, 1.807) is 12.2 Å². The molecule has 3 rings (SSSR count). The van der Waals surface area contributed by atoms with E-state index in [9.17, 15) is 14.4 Å². The van der Waals surface area contributed by atoms with E-state index in [0.29, 0.717) is 3.58 Å². The molecule has 0 unspecified atom stereocenters. The maximum absolute atomic E-state index is 12.6. The molecule has 1 aliphatic carbocycles. The van der Waals surface area contributed by atoms with Gasteiger partial charge in [0.1, 0.15) is 5.54 Å². The van der Waals surface area contributed by atoms with Gasteiger partial charge < -0.3 is 0 Å². The van der Waals surface area contributed by atoms with Gasteiger partial charge in [0.05, 0.1) is 3.58 Å². The quantitative estimate of drug-likeness (QED) is 0.676. The lowest BCUT2D eigenvalue weighted by atomic mass is 9.82. The summed E-state index contributed by atoms with van der Waals surface area (Å²) in [5.74, 6) is -0.847. The van der Waals surface area contributed by atoms with Gasteiger partial charge in [0.25, 0.3) is 5.91 Å². The highest BCUT2D eigenvalue weighted by molar-refractivity contribution is 14.1. The van der Waals surface area contributed by atoms with Crippen LogP contribution in [0.4, 0.5) is 0 Å². The number of imide groups is 1. The number of nitrogens with zero attached hydrogens (tertiary/aromatic N) is 1. The van der Waals surface area contributed by atoms with E-state index < -0.39 is 5.54 Å². The minimum absolute atomic E-state index is 0.157. The molecule has 0 saturated carbocycles. The molecule has 4 nitrogen and oxygen atoms in total. The molecule has 0 aromatic heterocycles. The average molecular weight is 405 g/mol. The fraction of sp³-hybridized carbons (Fsp3) is 0.118. The summed E-state index contributed by atoms with van der Waals surface area (Å²) in [6.45, 7) is 1.36. The van der Waals surface area contributed by atoms with Crippen molar-refractivity contribution in [2.24, 2.45) is 0 Å². The fourth-order valence-corrected chi connectivity index (χ4v) is 3.86. The van der Waals surface area contributed by atoms with Gasteiger partial charge in [0.2, 0.25) is 5.91 Å². The molecular weight excluding hydrogens is 393 g/mol. The van der Waals surface area contributed by atoms with Crippen molar-refractivity contribution in [3.8, 4) is 0 Å².